The molecule has 2 unspecified atom stereocenters. The molecule has 0 spiro atoms. The first-order chi connectivity index (χ1) is 9.89. The smallest absolute Gasteiger partial charge is 0.245 e. The first-order valence-corrected chi connectivity index (χ1v) is 8.88. The summed E-state index contributed by atoms with van der Waals surface area (Å²) < 4.78 is 27.2. The molecule has 2 saturated heterocycles. The van der Waals surface area contributed by atoms with Crippen molar-refractivity contribution in [3.63, 3.8) is 0 Å². The second kappa shape index (κ2) is 5.39. The van der Waals surface area contributed by atoms with E-state index in [9.17, 15) is 8.42 Å². The molecule has 0 radical (unpaired) electrons. The number of hydrogen-bond acceptors (Lipinski definition) is 5. The van der Waals surface area contributed by atoms with Crippen molar-refractivity contribution in [3.05, 3.63) is 17.3 Å². The molecule has 0 aromatic carbocycles. The first-order valence-electron chi connectivity index (χ1n) is 7.06. The van der Waals surface area contributed by atoms with Crippen LogP contribution in [0.25, 0.3) is 0 Å². The van der Waals surface area contributed by atoms with Gasteiger partial charge in [-0.15, -0.1) is 0 Å². The Morgan fingerprint density at radius 3 is 2.90 bits per heavy atom. The van der Waals surface area contributed by atoms with Crippen LogP contribution in [0.15, 0.2) is 17.2 Å². The fraction of sp³-hybridized carbons (Fsp3) is 0.615. The molecule has 2 atom stereocenters. The Bertz CT molecular complexity index is 652. The third kappa shape index (κ3) is 2.63. The minimum Gasteiger partial charge on any atom is -0.382 e. The zero-order valence-corrected chi connectivity index (χ0v) is 13.4. The maximum atomic E-state index is 12.8. The van der Waals surface area contributed by atoms with E-state index < -0.39 is 10.0 Å². The molecule has 2 aliphatic rings. The molecule has 6 nitrogen and oxygen atoms in total. The molecule has 0 amide bonds. The Hall–Kier alpha value is -0.890. The molecule has 3 rings (SSSR count). The quantitative estimate of drug-likeness (QED) is 0.880. The SMILES string of the molecule is CC1CN2CCCC2CN1S(=O)(=O)c1cnc(N)c(Cl)c1. The number of aromatic nitrogens is 1. The van der Waals surface area contributed by atoms with Gasteiger partial charge in [-0.2, -0.15) is 4.31 Å². The van der Waals surface area contributed by atoms with Crippen LogP contribution < -0.4 is 5.73 Å². The molecule has 0 saturated carbocycles. The molecule has 21 heavy (non-hydrogen) atoms. The summed E-state index contributed by atoms with van der Waals surface area (Å²) in [7, 11) is -3.58. The summed E-state index contributed by atoms with van der Waals surface area (Å²) in [4.78, 5) is 6.35. The molecule has 3 heterocycles. The largest absolute Gasteiger partial charge is 0.382 e. The van der Waals surface area contributed by atoms with Gasteiger partial charge < -0.3 is 5.73 Å². The lowest BCUT2D eigenvalue weighted by molar-refractivity contribution is 0.117. The highest BCUT2D eigenvalue weighted by Gasteiger charge is 2.40. The Morgan fingerprint density at radius 1 is 1.43 bits per heavy atom. The fourth-order valence-corrected chi connectivity index (χ4v) is 5.07. The van der Waals surface area contributed by atoms with Gasteiger partial charge in [0.1, 0.15) is 10.7 Å². The molecular formula is C13H19ClN4O2S. The van der Waals surface area contributed by atoms with Crippen LogP contribution in [0.3, 0.4) is 0 Å². The van der Waals surface area contributed by atoms with Crippen molar-refractivity contribution in [2.45, 2.75) is 36.7 Å². The third-order valence-electron chi connectivity index (χ3n) is 4.33. The molecule has 2 fully saturated rings. The first kappa shape index (κ1) is 15.0. The van der Waals surface area contributed by atoms with E-state index in [1.54, 1.807) is 4.31 Å². The lowest BCUT2D eigenvalue weighted by atomic mass is 10.1. The number of anilines is 1. The summed E-state index contributed by atoms with van der Waals surface area (Å²) in [6.45, 7) is 4.32. The van der Waals surface area contributed by atoms with Crippen LogP contribution in [0.4, 0.5) is 5.82 Å². The van der Waals surface area contributed by atoms with Crippen LogP contribution in [0, 0.1) is 0 Å². The molecule has 116 valence electrons. The van der Waals surface area contributed by atoms with Crippen molar-refractivity contribution in [1.29, 1.82) is 0 Å². The number of nitrogens with two attached hydrogens (primary N) is 1. The van der Waals surface area contributed by atoms with Gasteiger partial charge in [0, 0.05) is 31.4 Å². The van der Waals surface area contributed by atoms with Crippen LogP contribution in [0.2, 0.25) is 5.02 Å². The number of pyridine rings is 1. The zero-order valence-electron chi connectivity index (χ0n) is 11.9. The van der Waals surface area contributed by atoms with E-state index in [-0.39, 0.29) is 21.8 Å². The van der Waals surface area contributed by atoms with Crippen molar-refractivity contribution in [2.24, 2.45) is 0 Å². The summed E-state index contributed by atoms with van der Waals surface area (Å²) in [6.07, 6.45) is 3.48. The van der Waals surface area contributed by atoms with Crippen molar-refractivity contribution in [1.82, 2.24) is 14.2 Å². The molecule has 0 aliphatic carbocycles. The van der Waals surface area contributed by atoms with E-state index in [1.165, 1.54) is 12.3 Å². The van der Waals surface area contributed by atoms with Crippen LogP contribution in [-0.2, 0) is 10.0 Å². The number of hydrogen-bond donors (Lipinski definition) is 1. The van der Waals surface area contributed by atoms with Crippen LogP contribution in [0.5, 0.6) is 0 Å². The highest BCUT2D eigenvalue weighted by molar-refractivity contribution is 7.89. The molecule has 2 aliphatic heterocycles. The van der Waals surface area contributed by atoms with Crippen molar-refractivity contribution < 1.29 is 8.42 Å². The average molecular weight is 331 g/mol. The molecule has 2 N–H and O–H groups in total. The summed E-state index contributed by atoms with van der Waals surface area (Å²) in [5.41, 5.74) is 5.55. The lowest BCUT2D eigenvalue weighted by Crippen LogP contribution is -2.56. The van der Waals surface area contributed by atoms with Gasteiger partial charge in [0.15, 0.2) is 0 Å². The topological polar surface area (TPSA) is 79.5 Å². The van der Waals surface area contributed by atoms with Crippen LogP contribution in [-0.4, -0.2) is 54.3 Å². The molecule has 1 aromatic rings. The summed E-state index contributed by atoms with van der Waals surface area (Å²) in [5.74, 6) is 0.143. The third-order valence-corrected chi connectivity index (χ3v) is 6.58. The van der Waals surface area contributed by atoms with E-state index in [4.69, 9.17) is 17.3 Å². The number of nitrogen functional groups attached to an aromatic ring is 1. The molecule has 1 aromatic heterocycles. The van der Waals surface area contributed by atoms with E-state index in [2.05, 4.69) is 9.88 Å². The van der Waals surface area contributed by atoms with E-state index in [0.717, 1.165) is 25.9 Å². The molecule has 8 heteroatoms. The fourth-order valence-electron chi connectivity index (χ4n) is 3.20. The van der Waals surface area contributed by atoms with Gasteiger partial charge in [-0.05, 0) is 32.4 Å². The average Bonchev–Trinajstić information content (AvgIpc) is 2.87. The summed E-state index contributed by atoms with van der Waals surface area (Å²) in [5, 5.41) is 0.170. The number of nitrogens with zero attached hydrogens (tertiary/aromatic N) is 3. The number of fused-ring (bicyclic) bond motifs is 1. The van der Waals surface area contributed by atoms with Gasteiger partial charge in [-0.3, -0.25) is 4.90 Å². The molecular weight excluding hydrogens is 312 g/mol. The van der Waals surface area contributed by atoms with Crippen molar-refractivity contribution in [3.8, 4) is 0 Å². The normalized spacial score (nSPS) is 27.7. The maximum absolute atomic E-state index is 12.8. The van der Waals surface area contributed by atoms with Gasteiger partial charge in [0.05, 0.1) is 5.02 Å². The second-order valence-corrected chi connectivity index (χ2v) is 8.05. The minimum atomic E-state index is -3.58. The minimum absolute atomic E-state index is 0.0549. The van der Waals surface area contributed by atoms with Crippen LogP contribution >= 0.6 is 11.6 Å². The van der Waals surface area contributed by atoms with Gasteiger partial charge in [-0.1, -0.05) is 11.6 Å². The van der Waals surface area contributed by atoms with Gasteiger partial charge in [0.2, 0.25) is 10.0 Å². The summed E-state index contributed by atoms with van der Waals surface area (Å²) in [6, 6.07) is 1.65. The highest BCUT2D eigenvalue weighted by atomic mass is 35.5. The standard InChI is InChI=1S/C13H19ClN4O2S/c1-9-7-17-4-2-3-10(17)8-18(9)21(19,20)11-5-12(14)13(15)16-6-11/h5-6,9-10H,2-4,7-8H2,1H3,(H2,15,16). The van der Waals surface area contributed by atoms with E-state index >= 15 is 0 Å². The van der Waals surface area contributed by atoms with Gasteiger partial charge >= 0.3 is 0 Å². The zero-order chi connectivity index (χ0) is 15.2. The number of rotatable bonds is 2. The Morgan fingerprint density at radius 2 is 2.19 bits per heavy atom. The van der Waals surface area contributed by atoms with Crippen molar-refractivity contribution in [2.75, 3.05) is 25.4 Å². The van der Waals surface area contributed by atoms with Gasteiger partial charge in [0.25, 0.3) is 0 Å². The van der Waals surface area contributed by atoms with Crippen LogP contribution in [0.1, 0.15) is 19.8 Å². The predicted molar refractivity (Wildman–Crippen MR) is 81.6 cm³/mol. The monoisotopic (exact) mass is 330 g/mol. The van der Waals surface area contributed by atoms with Gasteiger partial charge in [-0.25, -0.2) is 13.4 Å². The second-order valence-electron chi connectivity index (χ2n) is 5.75. The highest BCUT2D eigenvalue weighted by Crippen LogP contribution is 2.30. The lowest BCUT2D eigenvalue weighted by Gasteiger charge is -2.41. The molecule has 0 bridgehead atoms. The summed E-state index contributed by atoms with van der Waals surface area (Å²) >= 11 is 5.91. The maximum Gasteiger partial charge on any atom is 0.245 e. The van der Waals surface area contributed by atoms with E-state index in [0.29, 0.717) is 12.6 Å². The van der Waals surface area contributed by atoms with E-state index in [1.807, 2.05) is 6.92 Å². The Balaban J connectivity index is 1.91. The number of sulfonamides is 1. The Kier molecular flexibility index (Phi) is 3.85. The van der Waals surface area contributed by atoms with Crippen molar-refractivity contribution >= 4 is 27.4 Å². The number of halogens is 1. The number of piperazine rings is 1. The predicted octanol–water partition coefficient (Wildman–Crippen LogP) is 1.17. The Labute approximate surface area is 129 Å².